The topological polar surface area (TPSA) is 58.6 Å². The standard InChI is InChI=1S/C35H22N2O3S2/c38-33-24-10-2-1-9-23(24)32-31(33)34(42-28-14-6-3-11-25(28)36-32)21-17-19-22(20-18-21)40-35(39)37-26-12-4-7-15-29(26)41-30-16-8-5-13-27(30)37/h1-20,34,36H/t34-/m1/s1. The highest BCUT2D eigenvalue weighted by atomic mass is 32.2. The van der Waals surface area contributed by atoms with E-state index < -0.39 is 6.09 Å². The van der Waals surface area contributed by atoms with Crippen molar-refractivity contribution in [2.75, 3.05) is 10.2 Å². The number of amides is 1. The minimum Gasteiger partial charge on any atom is -0.410 e. The molecular formula is C35H22N2O3S2. The number of ether oxygens (including phenoxy) is 1. The number of para-hydroxylation sites is 3. The maximum atomic E-state index is 13.7. The number of carbonyl (C=O) groups excluding carboxylic acids is 2. The van der Waals surface area contributed by atoms with Gasteiger partial charge in [-0.3, -0.25) is 4.79 Å². The zero-order chi connectivity index (χ0) is 28.2. The van der Waals surface area contributed by atoms with Gasteiger partial charge in [0, 0.05) is 31.4 Å². The normalized spacial score (nSPS) is 16.3. The monoisotopic (exact) mass is 582 g/mol. The summed E-state index contributed by atoms with van der Waals surface area (Å²) < 4.78 is 5.93. The van der Waals surface area contributed by atoms with Crippen molar-refractivity contribution in [1.82, 2.24) is 0 Å². The van der Waals surface area contributed by atoms with Gasteiger partial charge in [-0.05, 0) is 54.1 Å². The highest BCUT2D eigenvalue weighted by molar-refractivity contribution is 8.00. The SMILES string of the molecule is O=C1C2=C(Nc3ccccc3S[C@@H]2c2ccc(OC(=O)N3c4ccccc4Sc4ccccc43)cc2)c2ccccc21. The summed E-state index contributed by atoms with van der Waals surface area (Å²) in [5.41, 5.74) is 6.75. The number of hydrogen-bond acceptors (Lipinski definition) is 6. The lowest BCUT2D eigenvalue weighted by Crippen LogP contribution is -2.31. The number of Topliss-reactive ketones (excluding diaryl/α,β-unsaturated/α-hetero) is 1. The van der Waals surface area contributed by atoms with Gasteiger partial charge < -0.3 is 10.1 Å². The summed E-state index contributed by atoms with van der Waals surface area (Å²) in [6, 6.07) is 39.0. The first kappa shape index (κ1) is 25.0. The molecular weight excluding hydrogens is 561 g/mol. The molecule has 1 N–H and O–H groups in total. The van der Waals surface area contributed by atoms with Gasteiger partial charge in [0.25, 0.3) is 0 Å². The van der Waals surface area contributed by atoms with E-state index >= 15 is 0 Å². The van der Waals surface area contributed by atoms with Gasteiger partial charge in [0.1, 0.15) is 5.75 Å². The summed E-state index contributed by atoms with van der Waals surface area (Å²) in [6.45, 7) is 0. The van der Waals surface area contributed by atoms with E-state index in [-0.39, 0.29) is 11.0 Å². The van der Waals surface area contributed by atoms with E-state index in [9.17, 15) is 9.59 Å². The number of carbonyl (C=O) groups is 2. The van der Waals surface area contributed by atoms with Crippen molar-refractivity contribution in [3.8, 4) is 5.75 Å². The van der Waals surface area contributed by atoms with Gasteiger partial charge in [-0.1, -0.05) is 84.6 Å². The molecule has 0 spiro atoms. The lowest BCUT2D eigenvalue weighted by atomic mass is 10.0. The molecule has 0 aromatic heterocycles. The molecule has 1 aliphatic carbocycles. The van der Waals surface area contributed by atoms with Crippen LogP contribution in [0.15, 0.2) is 142 Å². The molecule has 5 nitrogen and oxygen atoms in total. The summed E-state index contributed by atoms with van der Waals surface area (Å²) >= 11 is 3.29. The highest BCUT2D eigenvalue weighted by Crippen LogP contribution is 2.53. The van der Waals surface area contributed by atoms with Gasteiger partial charge >= 0.3 is 6.09 Å². The Kier molecular flexibility index (Phi) is 5.94. The Morgan fingerprint density at radius 3 is 2.00 bits per heavy atom. The van der Waals surface area contributed by atoms with Crippen LogP contribution in [0, 0.1) is 0 Å². The van der Waals surface area contributed by atoms with Gasteiger partial charge in [-0.2, -0.15) is 0 Å². The molecule has 1 amide bonds. The molecule has 1 atom stereocenters. The fraction of sp³-hybridized carbons (Fsp3) is 0.0286. The molecule has 0 unspecified atom stereocenters. The van der Waals surface area contributed by atoms with Crippen LogP contribution in [0.2, 0.25) is 0 Å². The van der Waals surface area contributed by atoms with E-state index in [1.54, 1.807) is 40.6 Å². The first-order valence-electron chi connectivity index (χ1n) is 13.5. The number of hydrogen-bond donors (Lipinski definition) is 1. The molecule has 0 radical (unpaired) electrons. The lowest BCUT2D eigenvalue weighted by molar-refractivity contribution is 0.103. The van der Waals surface area contributed by atoms with E-state index in [0.29, 0.717) is 11.3 Å². The molecule has 5 aromatic carbocycles. The molecule has 0 fully saturated rings. The molecule has 5 aromatic rings. The third-order valence-electron chi connectivity index (χ3n) is 7.61. The van der Waals surface area contributed by atoms with Crippen molar-refractivity contribution >= 4 is 58.2 Å². The zero-order valence-electron chi connectivity index (χ0n) is 22.1. The summed E-state index contributed by atoms with van der Waals surface area (Å²) in [4.78, 5) is 32.0. The van der Waals surface area contributed by atoms with Gasteiger partial charge in [-0.15, -0.1) is 11.8 Å². The van der Waals surface area contributed by atoms with E-state index in [0.717, 1.165) is 54.1 Å². The fourth-order valence-corrected chi connectivity index (χ4v) is 8.03. The van der Waals surface area contributed by atoms with Gasteiger partial charge in [0.2, 0.25) is 0 Å². The Morgan fingerprint density at radius 2 is 1.29 bits per heavy atom. The second-order valence-electron chi connectivity index (χ2n) is 10.1. The Bertz CT molecular complexity index is 1910. The number of ketones is 1. The van der Waals surface area contributed by atoms with E-state index in [2.05, 4.69) is 11.4 Å². The number of rotatable bonds is 2. The Morgan fingerprint density at radius 1 is 0.690 bits per heavy atom. The van der Waals surface area contributed by atoms with Crippen LogP contribution in [0.3, 0.4) is 0 Å². The van der Waals surface area contributed by atoms with Crippen LogP contribution in [0.5, 0.6) is 5.75 Å². The average Bonchev–Trinajstić information content (AvgIpc) is 3.18. The quantitative estimate of drug-likeness (QED) is 0.224. The molecule has 7 heteroatoms. The van der Waals surface area contributed by atoms with Crippen LogP contribution in [-0.2, 0) is 0 Å². The van der Waals surface area contributed by atoms with Gasteiger partial charge in [0.05, 0.1) is 28.0 Å². The molecule has 0 saturated heterocycles. The smallest absolute Gasteiger partial charge is 0.410 e. The molecule has 8 rings (SSSR count). The van der Waals surface area contributed by atoms with Crippen LogP contribution in [0.25, 0.3) is 5.70 Å². The van der Waals surface area contributed by atoms with Crippen molar-refractivity contribution in [3.63, 3.8) is 0 Å². The second-order valence-corrected chi connectivity index (χ2v) is 12.3. The number of fused-ring (bicyclic) bond motifs is 5. The number of thioether (sulfide) groups is 1. The largest absolute Gasteiger partial charge is 0.424 e. The molecule has 2 heterocycles. The molecule has 0 bridgehead atoms. The Hall–Kier alpha value is -4.72. The van der Waals surface area contributed by atoms with E-state index in [1.165, 1.54) is 0 Å². The fourth-order valence-electron chi connectivity index (χ4n) is 5.67. The van der Waals surface area contributed by atoms with Gasteiger partial charge in [-0.25, -0.2) is 9.69 Å². The molecule has 202 valence electrons. The first-order valence-corrected chi connectivity index (χ1v) is 15.2. The third-order valence-corrected chi connectivity index (χ3v) is 10.1. The van der Waals surface area contributed by atoms with Crippen molar-refractivity contribution in [3.05, 3.63) is 144 Å². The summed E-state index contributed by atoms with van der Waals surface area (Å²) in [6.07, 6.45) is -0.476. The van der Waals surface area contributed by atoms with Crippen LogP contribution in [0.1, 0.15) is 26.7 Å². The number of nitrogens with zero attached hydrogens (tertiary/aromatic N) is 1. The second kappa shape index (κ2) is 9.98. The maximum absolute atomic E-state index is 13.7. The summed E-state index contributed by atoms with van der Waals surface area (Å²) in [5.74, 6) is 0.471. The van der Waals surface area contributed by atoms with Crippen molar-refractivity contribution in [2.45, 2.75) is 19.9 Å². The van der Waals surface area contributed by atoms with Crippen LogP contribution >= 0.6 is 23.5 Å². The Labute approximate surface area is 251 Å². The van der Waals surface area contributed by atoms with Crippen LogP contribution in [0.4, 0.5) is 21.9 Å². The van der Waals surface area contributed by atoms with Crippen LogP contribution in [-0.4, -0.2) is 11.9 Å². The molecule has 3 aliphatic rings. The molecule has 42 heavy (non-hydrogen) atoms. The average molecular weight is 583 g/mol. The number of anilines is 3. The predicted molar refractivity (Wildman–Crippen MR) is 168 cm³/mol. The van der Waals surface area contributed by atoms with Crippen molar-refractivity contribution in [1.29, 1.82) is 0 Å². The van der Waals surface area contributed by atoms with Crippen LogP contribution < -0.4 is 15.0 Å². The van der Waals surface area contributed by atoms with Gasteiger partial charge in [0.15, 0.2) is 5.78 Å². The maximum Gasteiger partial charge on any atom is 0.424 e. The lowest BCUT2D eigenvalue weighted by Gasteiger charge is -2.30. The predicted octanol–water partition coefficient (Wildman–Crippen LogP) is 9.35. The number of benzene rings is 5. The molecule has 0 saturated carbocycles. The number of nitrogens with one attached hydrogen (secondary N) is 1. The first-order chi connectivity index (χ1) is 20.7. The summed E-state index contributed by atoms with van der Waals surface area (Å²) in [5, 5.41) is 3.32. The minimum atomic E-state index is -0.476. The summed E-state index contributed by atoms with van der Waals surface area (Å²) in [7, 11) is 0. The Balaban J connectivity index is 1.13. The molecule has 2 aliphatic heterocycles. The third kappa shape index (κ3) is 4.04. The van der Waals surface area contributed by atoms with E-state index in [4.69, 9.17) is 4.74 Å². The van der Waals surface area contributed by atoms with Crippen molar-refractivity contribution < 1.29 is 14.3 Å². The zero-order valence-corrected chi connectivity index (χ0v) is 23.7. The van der Waals surface area contributed by atoms with Crippen molar-refractivity contribution in [2.24, 2.45) is 0 Å². The van der Waals surface area contributed by atoms with E-state index in [1.807, 2.05) is 103 Å². The highest BCUT2D eigenvalue weighted by Gasteiger charge is 2.38. The minimum absolute atomic E-state index is 0.0363.